The first-order valence-corrected chi connectivity index (χ1v) is 8.37. The third-order valence-corrected chi connectivity index (χ3v) is 4.11. The van der Waals surface area contributed by atoms with E-state index in [0.29, 0.717) is 11.5 Å². The van der Waals surface area contributed by atoms with Crippen LogP contribution in [0.3, 0.4) is 0 Å². The number of hydrogen-bond donors (Lipinski definition) is 1. The van der Waals surface area contributed by atoms with Gasteiger partial charge in [-0.2, -0.15) is 5.10 Å². The average molecular weight is 346 g/mol. The second-order valence-electron chi connectivity index (χ2n) is 6.09. The maximum atomic E-state index is 12.6. The number of hydrogen-bond acceptors (Lipinski definition) is 4. The molecule has 6 heteroatoms. The summed E-state index contributed by atoms with van der Waals surface area (Å²) in [5.41, 5.74) is 3.09. The molecule has 0 saturated heterocycles. The molecule has 1 unspecified atom stereocenters. The Balaban J connectivity index is 1.63. The molecule has 0 spiro atoms. The van der Waals surface area contributed by atoms with Crippen LogP contribution in [0, 0.1) is 0 Å². The Bertz CT molecular complexity index is 1000. The number of para-hydroxylation sites is 2. The van der Waals surface area contributed by atoms with E-state index in [1.807, 2.05) is 73.9 Å². The van der Waals surface area contributed by atoms with E-state index in [1.165, 1.54) is 0 Å². The van der Waals surface area contributed by atoms with Crippen molar-refractivity contribution >= 4 is 17.0 Å². The Morgan fingerprint density at radius 3 is 2.62 bits per heavy atom. The Morgan fingerprint density at radius 2 is 1.88 bits per heavy atom. The molecule has 0 fully saturated rings. The normalized spacial score (nSPS) is 12.2. The van der Waals surface area contributed by atoms with E-state index in [-0.39, 0.29) is 12.3 Å². The first-order valence-electron chi connectivity index (χ1n) is 8.37. The molecule has 0 bridgehead atoms. The van der Waals surface area contributed by atoms with Gasteiger partial charge >= 0.3 is 0 Å². The zero-order valence-corrected chi connectivity index (χ0v) is 14.3. The van der Waals surface area contributed by atoms with Crippen LogP contribution in [0.15, 0.2) is 71.3 Å². The van der Waals surface area contributed by atoms with Gasteiger partial charge in [0, 0.05) is 13.2 Å². The molecule has 6 nitrogen and oxygen atoms in total. The van der Waals surface area contributed by atoms with Crippen molar-refractivity contribution in [3.8, 4) is 0 Å². The lowest BCUT2D eigenvalue weighted by atomic mass is 10.1. The Labute approximate surface area is 150 Å². The van der Waals surface area contributed by atoms with Crippen molar-refractivity contribution in [2.24, 2.45) is 7.05 Å². The second-order valence-corrected chi connectivity index (χ2v) is 6.09. The number of rotatable bonds is 5. The van der Waals surface area contributed by atoms with Crippen molar-refractivity contribution in [3.05, 3.63) is 84.0 Å². The number of carbonyl (C=O) groups is 1. The summed E-state index contributed by atoms with van der Waals surface area (Å²) < 4.78 is 7.57. The van der Waals surface area contributed by atoms with Crippen molar-refractivity contribution < 1.29 is 9.21 Å². The van der Waals surface area contributed by atoms with E-state index in [2.05, 4.69) is 15.4 Å². The average Bonchev–Trinajstić information content (AvgIpc) is 3.26. The molecule has 1 atom stereocenters. The first kappa shape index (κ1) is 16.1. The highest BCUT2D eigenvalue weighted by molar-refractivity contribution is 5.79. The van der Waals surface area contributed by atoms with E-state index in [9.17, 15) is 4.79 Å². The molecular weight excluding hydrogens is 328 g/mol. The molecule has 1 amide bonds. The molecule has 0 aliphatic rings. The highest BCUT2D eigenvalue weighted by Crippen LogP contribution is 2.25. The van der Waals surface area contributed by atoms with E-state index in [1.54, 1.807) is 4.68 Å². The highest BCUT2D eigenvalue weighted by atomic mass is 16.3. The number of nitrogens with zero attached hydrogens (tertiary/aromatic N) is 3. The zero-order valence-electron chi connectivity index (χ0n) is 14.3. The van der Waals surface area contributed by atoms with Gasteiger partial charge in [0.25, 0.3) is 0 Å². The Kier molecular flexibility index (Phi) is 4.23. The lowest BCUT2D eigenvalue weighted by molar-refractivity contribution is -0.121. The first-order chi connectivity index (χ1) is 12.7. The Hall–Kier alpha value is -3.41. The minimum Gasteiger partial charge on any atom is -0.438 e. The Morgan fingerprint density at radius 1 is 1.12 bits per heavy atom. The van der Waals surface area contributed by atoms with Crippen LogP contribution in [0.1, 0.15) is 23.2 Å². The molecule has 130 valence electrons. The molecule has 0 saturated carbocycles. The van der Waals surface area contributed by atoms with Gasteiger partial charge in [0.05, 0.1) is 12.1 Å². The summed E-state index contributed by atoms with van der Waals surface area (Å²) in [4.78, 5) is 17.1. The molecule has 4 aromatic rings. The van der Waals surface area contributed by atoms with Crippen molar-refractivity contribution in [1.29, 1.82) is 0 Å². The molecule has 0 radical (unpaired) electrons. The minimum absolute atomic E-state index is 0.139. The zero-order chi connectivity index (χ0) is 17.9. The molecule has 2 aromatic heterocycles. The quantitative estimate of drug-likeness (QED) is 0.603. The predicted molar refractivity (Wildman–Crippen MR) is 97.3 cm³/mol. The number of fused-ring (bicyclic) bond motifs is 1. The van der Waals surface area contributed by atoms with Gasteiger partial charge in [-0.25, -0.2) is 4.98 Å². The lowest BCUT2D eigenvalue weighted by Gasteiger charge is -2.15. The third-order valence-electron chi connectivity index (χ3n) is 4.11. The van der Waals surface area contributed by atoms with Crippen LogP contribution in [-0.4, -0.2) is 20.7 Å². The number of benzene rings is 2. The fourth-order valence-corrected chi connectivity index (χ4v) is 2.88. The number of oxazole rings is 1. The van der Waals surface area contributed by atoms with Gasteiger partial charge in [-0.15, -0.1) is 0 Å². The van der Waals surface area contributed by atoms with Gasteiger partial charge in [-0.3, -0.25) is 9.48 Å². The van der Waals surface area contributed by atoms with Crippen LogP contribution in [0.5, 0.6) is 0 Å². The SMILES string of the molecule is Cn1ccc(CC(=O)NC(c2ccccc2)c2nc3ccccc3o2)n1. The monoisotopic (exact) mass is 346 g/mol. The van der Waals surface area contributed by atoms with Crippen LogP contribution in [0.2, 0.25) is 0 Å². The van der Waals surface area contributed by atoms with Crippen LogP contribution in [-0.2, 0) is 18.3 Å². The van der Waals surface area contributed by atoms with Crippen molar-refractivity contribution in [3.63, 3.8) is 0 Å². The molecule has 1 N–H and O–H groups in total. The van der Waals surface area contributed by atoms with Crippen LogP contribution >= 0.6 is 0 Å². The van der Waals surface area contributed by atoms with E-state index < -0.39 is 6.04 Å². The van der Waals surface area contributed by atoms with Gasteiger partial charge in [0.2, 0.25) is 11.8 Å². The van der Waals surface area contributed by atoms with Crippen molar-refractivity contribution in [1.82, 2.24) is 20.1 Å². The summed E-state index contributed by atoms with van der Waals surface area (Å²) in [6, 6.07) is 18.6. The summed E-state index contributed by atoms with van der Waals surface area (Å²) in [6.45, 7) is 0. The maximum absolute atomic E-state index is 12.6. The second kappa shape index (κ2) is 6.84. The molecule has 2 aromatic carbocycles. The fraction of sp³-hybridized carbons (Fsp3) is 0.150. The van der Waals surface area contributed by atoms with Crippen LogP contribution < -0.4 is 5.32 Å². The van der Waals surface area contributed by atoms with Crippen LogP contribution in [0.25, 0.3) is 11.1 Å². The molecule has 4 rings (SSSR count). The topological polar surface area (TPSA) is 73.0 Å². The lowest BCUT2D eigenvalue weighted by Crippen LogP contribution is -2.31. The highest BCUT2D eigenvalue weighted by Gasteiger charge is 2.22. The summed E-state index contributed by atoms with van der Waals surface area (Å²) in [6.07, 6.45) is 2.02. The van der Waals surface area contributed by atoms with E-state index >= 15 is 0 Å². The molecule has 2 heterocycles. The maximum Gasteiger partial charge on any atom is 0.226 e. The van der Waals surface area contributed by atoms with Gasteiger partial charge in [0.1, 0.15) is 11.6 Å². The summed E-state index contributed by atoms with van der Waals surface area (Å²) in [7, 11) is 1.83. The standard InChI is InChI=1S/C20H18N4O2/c1-24-12-11-15(23-24)13-18(25)22-19(14-7-3-2-4-8-14)20-21-16-9-5-6-10-17(16)26-20/h2-12,19H,13H2,1H3,(H,22,25). The molecule has 0 aliphatic carbocycles. The molecular formula is C20H18N4O2. The largest absolute Gasteiger partial charge is 0.438 e. The van der Waals surface area contributed by atoms with Gasteiger partial charge in [0.15, 0.2) is 5.58 Å². The number of carbonyl (C=O) groups excluding carboxylic acids is 1. The van der Waals surface area contributed by atoms with Crippen molar-refractivity contribution in [2.45, 2.75) is 12.5 Å². The van der Waals surface area contributed by atoms with Crippen LogP contribution in [0.4, 0.5) is 0 Å². The summed E-state index contributed by atoms with van der Waals surface area (Å²) in [5, 5.41) is 7.28. The van der Waals surface area contributed by atoms with Crippen molar-refractivity contribution in [2.75, 3.05) is 0 Å². The summed E-state index contributed by atoms with van der Waals surface area (Å²) >= 11 is 0. The molecule has 26 heavy (non-hydrogen) atoms. The minimum atomic E-state index is -0.459. The smallest absolute Gasteiger partial charge is 0.226 e. The number of aryl methyl sites for hydroxylation is 1. The third kappa shape index (κ3) is 3.35. The molecule has 0 aliphatic heterocycles. The number of nitrogens with one attached hydrogen (secondary N) is 1. The predicted octanol–water partition coefficient (Wildman–Crippen LogP) is 3.01. The number of amides is 1. The van der Waals surface area contributed by atoms with Gasteiger partial charge < -0.3 is 9.73 Å². The summed E-state index contributed by atoms with van der Waals surface area (Å²) in [5.74, 6) is 0.326. The van der Waals surface area contributed by atoms with Gasteiger partial charge in [-0.1, -0.05) is 42.5 Å². The van der Waals surface area contributed by atoms with Gasteiger partial charge in [-0.05, 0) is 23.8 Å². The number of aromatic nitrogens is 3. The van der Waals surface area contributed by atoms with E-state index in [0.717, 1.165) is 16.8 Å². The van der Waals surface area contributed by atoms with E-state index in [4.69, 9.17) is 4.42 Å². The fourth-order valence-electron chi connectivity index (χ4n) is 2.88.